The molecular formula is C12H23N3O2. The summed E-state index contributed by atoms with van der Waals surface area (Å²) in [6.07, 6.45) is 1.62. The van der Waals surface area contributed by atoms with Gasteiger partial charge in [-0.2, -0.15) is 4.98 Å². The van der Waals surface area contributed by atoms with Gasteiger partial charge >= 0.3 is 0 Å². The van der Waals surface area contributed by atoms with Crippen molar-refractivity contribution in [2.24, 2.45) is 5.73 Å². The molecule has 0 radical (unpaired) electrons. The van der Waals surface area contributed by atoms with Crippen molar-refractivity contribution in [3.8, 4) is 0 Å². The van der Waals surface area contributed by atoms with E-state index < -0.39 is 0 Å². The number of aromatic nitrogens is 2. The third-order valence-corrected chi connectivity index (χ3v) is 3.22. The molecule has 0 spiro atoms. The monoisotopic (exact) mass is 241 g/mol. The van der Waals surface area contributed by atoms with Crippen molar-refractivity contribution in [2.45, 2.75) is 52.1 Å². The molecule has 2 N–H and O–H groups in total. The lowest BCUT2D eigenvalue weighted by atomic mass is 9.88. The first-order valence-corrected chi connectivity index (χ1v) is 6.27. The zero-order valence-corrected chi connectivity index (χ0v) is 11.2. The molecule has 0 aliphatic carbocycles. The van der Waals surface area contributed by atoms with Gasteiger partial charge in [0.2, 0.25) is 11.7 Å². The average molecular weight is 241 g/mol. The standard InChI is InChI=1S/C12H23N3O2/c1-5-9(16-7-3)10-14-11(17-15-10)12(4,6-2)8-13/h9H,5-8,13H2,1-4H3. The maximum absolute atomic E-state index is 5.77. The molecule has 5 heteroatoms. The summed E-state index contributed by atoms with van der Waals surface area (Å²) < 4.78 is 10.9. The predicted molar refractivity (Wildman–Crippen MR) is 65.7 cm³/mol. The van der Waals surface area contributed by atoms with Crippen LogP contribution in [-0.4, -0.2) is 23.3 Å². The highest BCUT2D eigenvalue weighted by molar-refractivity contribution is 5.04. The van der Waals surface area contributed by atoms with E-state index in [1.807, 2.05) is 20.8 Å². The fraction of sp³-hybridized carbons (Fsp3) is 0.833. The van der Waals surface area contributed by atoms with E-state index in [1.165, 1.54) is 0 Å². The molecule has 1 aromatic rings. The van der Waals surface area contributed by atoms with Crippen LogP contribution in [0, 0.1) is 0 Å². The fourth-order valence-corrected chi connectivity index (χ4v) is 1.57. The molecular weight excluding hydrogens is 218 g/mol. The molecule has 0 bridgehead atoms. The van der Waals surface area contributed by atoms with Crippen LogP contribution in [0.1, 0.15) is 58.4 Å². The number of hydrogen-bond acceptors (Lipinski definition) is 5. The maximum atomic E-state index is 5.77. The topological polar surface area (TPSA) is 74.2 Å². The van der Waals surface area contributed by atoms with Gasteiger partial charge in [0.25, 0.3) is 0 Å². The van der Waals surface area contributed by atoms with Crippen molar-refractivity contribution in [1.82, 2.24) is 10.1 Å². The largest absolute Gasteiger partial charge is 0.370 e. The Morgan fingerprint density at radius 2 is 2.12 bits per heavy atom. The number of nitrogens with two attached hydrogens (primary N) is 1. The van der Waals surface area contributed by atoms with Gasteiger partial charge in [-0.1, -0.05) is 19.0 Å². The molecule has 0 fully saturated rings. The van der Waals surface area contributed by atoms with Crippen LogP contribution in [0.15, 0.2) is 4.52 Å². The van der Waals surface area contributed by atoms with E-state index in [1.54, 1.807) is 0 Å². The van der Waals surface area contributed by atoms with E-state index in [-0.39, 0.29) is 11.5 Å². The van der Waals surface area contributed by atoms with Crippen molar-refractivity contribution in [3.63, 3.8) is 0 Å². The molecule has 2 unspecified atom stereocenters. The Bertz CT molecular complexity index is 334. The van der Waals surface area contributed by atoms with Crippen LogP contribution >= 0.6 is 0 Å². The average Bonchev–Trinajstić information content (AvgIpc) is 2.84. The SMILES string of the molecule is CCOC(CC)c1noc(C(C)(CC)CN)n1. The molecule has 1 aromatic heterocycles. The zero-order chi connectivity index (χ0) is 12.9. The molecule has 0 aliphatic heterocycles. The lowest BCUT2D eigenvalue weighted by Crippen LogP contribution is -2.31. The molecule has 98 valence electrons. The van der Waals surface area contributed by atoms with Crippen LogP contribution in [0.3, 0.4) is 0 Å². The molecule has 0 saturated carbocycles. The minimum atomic E-state index is -0.240. The van der Waals surface area contributed by atoms with Crippen molar-refractivity contribution < 1.29 is 9.26 Å². The second kappa shape index (κ2) is 6.12. The summed E-state index contributed by atoms with van der Waals surface area (Å²) in [6, 6.07) is 0. The Morgan fingerprint density at radius 3 is 2.59 bits per heavy atom. The van der Waals surface area contributed by atoms with Crippen LogP contribution < -0.4 is 5.73 Å². The van der Waals surface area contributed by atoms with E-state index in [9.17, 15) is 0 Å². The Morgan fingerprint density at radius 1 is 1.41 bits per heavy atom. The lowest BCUT2D eigenvalue weighted by molar-refractivity contribution is 0.0518. The van der Waals surface area contributed by atoms with Crippen molar-refractivity contribution in [2.75, 3.05) is 13.2 Å². The van der Waals surface area contributed by atoms with Gasteiger partial charge in [-0.15, -0.1) is 0 Å². The quantitative estimate of drug-likeness (QED) is 0.792. The smallest absolute Gasteiger partial charge is 0.233 e. The normalized spacial score (nSPS) is 16.8. The van der Waals surface area contributed by atoms with Crippen LogP contribution in [0.5, 0.6) is 0 Å². The van der Waals surface area contributed by atoms with Gasteiger partial charge in [-0.3, -0.25) is 0 Å². The first-order chi connectivity index (χ1) is 8.11. The van der Waals surface area contributed by atoms with Crippen LogP contribution in [0.4, 0.5) is 0 Å². The molecule has 2 atom stereocenters. The van der Waals surface area contributed by atoms with Crippen LogP contribution in [0.2, 0.25) is 0 Å². The van der Waals surface area contributed by atoms with Crippen molar-refractivity contribution >= 4 is 0 Å². The molecule has 0 saturated heterocycles. The Kier molecular flexibility index (Phi) is 5.08. The summed E-state index contributed by atoms with van der Waals surface area (Å²) in [5.41, 5.74) is 5.53. The number of rotatable bonds is 7. The summed E-state index contributed by atoms with van der Waals surface area (Å²) in [6.45, 7) is 9.24. The molecule has 17 heavy (non-hydrogen) atoms. The number of nitrogens with zero attached hydrogens (tertiary/aromatic N) is 2. The van der Waals surface area contributed by atoms with Gasteiger partial charge < -0.3 is 15.0 Å². The van der Waals surface area contributed by atoms with Crippen molar-refractivity contribution in [1.29, 1.82) is 0 Å². The van der Waals surface area contributed by atoms with E-state index >= 15 is 0 Å². The van der Waals surface area contributed by atoms with E-state index in [4.69, 9.17) is 15.0 Å². The minimum Gasteiger partial charge on any atom is -0.370 e. The van der Waals surface area contributed by atoms with Gasteiger partial charge in [-0.05, 0) is 26.7 Å². The van der Waals surface area contributed by atoms with Crippen LogP contribution in [-0.2, 0) is 10.2 Å². The second-order valence-corrected chi connectivity index (χ2v) is 4.43. The molecule has 0 aromatic carbocycles. The molecule has 5 nitrogen and oxygen atoms in total. The number of ether oxygens (including phenoxy) is 1. The van der Waals surface area contributed by atoms with Gasteiger partial charge in [0.15, 0.2) is 0 Å². The minimum absolute atomic E-state index is 0.0867. The van der Waals surface area contributed by atoms with Gasteiger partial charge in [0, 0.05) is 13.2 Å². The van der Waals surface area contributed by atoms with Crippen LogP contribution in [0.25, 0.3) is 0 Å². The first kappa shape index (κ1) is 14.1. The third kappa shape index (κ3) is 3.04. The highest BCUT2D eigenvalue weighted by Gasteiger charge is 2.30. The second-order valence-electron chi connectivity index (χ2n) is 4.43. The van der Waals surface area contributed by atoms with Gasteiger partial charge in [0.1, 0.15) is 6.10 Å². The Labute approximate surface area is 103 Å². The summed E-state index contributed by atoms with van der Waals surface area (Å²) in [7, 11) is 0. The highest BCUT2D eigenvalue weighted by Crippen LogP contribution is 2.27. The zero-order valence-electron chi connectivity index (χ0n) is 11.2. The Balaban J connectivity index is 2.90. The van der Waals surface area contributed by atoms with Crippen molar-refractivity contribution in [3.05, 3.63) is 11.7 Å². The summed E-state index contributed by atoms with van der Waals surface area (Å²) in [5, 5.41) is 4.00. The summed E-state index contributed by atoms with van der Waals surface area (Å²) in [5.74, 6) is 1.23. The van der Waals surface area contributed by atoms with E-state index in [0.29, 0.717) is 24.9 Å². The predicted octanol–water partition coefficient (Wildman–Crippen LogP) is 2.18. The Hall–Kier alpha value is -0.940. The molecule has 0 amide bonds. The van der Waals surface area contributed by atoms with Gasteiger partial charge in [-0.25, -0.2) is 0 Å². The maximum Gasteiger partial charge on any atom is 0.233 e. The lowest BCUT2D eigenvalue weighted by Gasteiger charge is -2.20. The summed E-state index contributed by atoms with van der Waals surface area (Å²) >= 11 is 0. The first-order valence-electron chi connectivity index (χ1n) is 6.27. The third-order valence-electron chi connectivity index (χ3n) is 3.22. The molecule has 1 rings (SSSR count). The molecule has 0 aliphatic rings. The highest BCUT2D eigenvalue weighted by atomic mass is 16.5. The van der Waals surface area contributed by atoms with Gasteiger partial charge in [0.05, 0.1) is 5.41 Å². The number of hydrogen-bond donors (Lipinski definition) is 1. The fourth-order valence-electron chi connectivity index (χ4n) is 1.57. The summed E-state index contributed by atoms with van der Waals surface area (Å²) in [4.78, 5) is 4.43. The van der Waals surface area contributed by atoms with E-state index in [0.717, 1.165) is 12.8 Å². The van der Waals surface area contributed by atoms with E-state index in [2.05, 4.69) is 17.1 Å². The molecule has 1 heterocycles.